The Morgan fingerprint density at radius 1 is 0.971 bits per heavy atom. The maximum absolute atomic E-state index is 13.6. The predicted octanol–water partition coefficient (Wildman–Crippen LogP) is 4.51. The van der Waals surface area contributed by atoms with Crippen LogP contribution in [0.4, 0.5) is 17.1 Å². The van der Waals surface area contributed by atoms with Gasteiger partial charge in [-0.25, -0.2) is 0 Å². The van der Waals surface area contributed by atoms with Crippen LogP contribution in [0.3, 0.4) is 0 Å². The van der Waals surface area contributed by atoms with E-state index in [4.69, 9.17) is 5.73 Å². The first-order chi connectivity index (χ1) is 16.8. The Balaban J connectivity index is 1.66. The number of rotatable bonds is 6. The van der Waals surface area contributed by atoms with Gasteiger partial charge < -0.3 is 20.9 Å². The molecule has 1 aliphatic rings. The molecule has 0 aromatic heterocycles. The van der Waals surface area contributed by atoms with Crippen LogP contribution in [0.2, 0.25) is 0 Å². The topological polar surface area (TPSA) is 95.7 Å². The molecule has 3 aromatic rings. The van der Waals surface area contributed by atoms with E-state index in [1.54, 1.807) is 38.1 Å². The van der Waals surface area contributed by atoms with Crippen molar-refractivity contribution in [3.05, 3.63) is 90.0 Å². The number of anilines is 3. The van der Waals surface area contributed by atoms with Crippen molar-refractivity contribution in [1.82, 2.24) is 0 Å². The number of hydrogen-bond acceptors (Lipinski definition) is 4. The van der Waals surface area contributed by atoms with Crippen LogP contribution in [-0.2, 0) is 9.59 Å². The van der Waals surface area contributed by atoms with Crippen molar-refractivity contribution < 1.29 is 14.4 Å². The number of benzene rings is 3. The molecule has 0 bridgehead atoms. The fraction of sp³-hybridized carbons (Fsp3) is 0.250. The van der Waals surface area contributed by atoms with Crippen LogP contribution in [-0.4, -0.2) is 29.8 Å². The molecule has 0 radical (unpaired) electrons. The molecule has 7 nitrogen and oxygen atoms in total. The number of primary amides is 1. The minimum absolute atomic E-state index is 0.0451. The van der Waals surface area contributed by atoms with Crippen LogP contribution in [0.15, 0.2) is 78.9 Å². The molecule has 0 fully saturated rings. The summed E-state index contributed by atoms with van der Waals surface area (Å²) in [5.41, 5.74) is 9.13. The maximum atomic E-state index is 13.6. The molecule has 7 heteroatoms. The van der Waals surface area contributed by atoms with Gasteiger partial charge in [0.05, 0.1) is 6.04 Å². The van der Waals surface area contributed by atoms with Gasteiger partial charge in [0, 0.05) is 35.6 Å². The lowest BCUT2D eigenvalue weighted by molar-refractivity contribution is -0.118. The molecule has 0 spiro atoms. The Morgan fingerprint density at radius 3 is 2.23 bits per heavy atom. The van der Waals surface area contributed by atoms with Gasteiger partial charge in [-0.15, -0.1) is 0 Å². The molecule has 1 heterocycles. The summed E-state index contributed by atoms with van der Waals surface area (Å²) in [6.45, 7) is 5.27. The van der Waals surface area contributed by atoms with Crippen molar-refractivity contribution in [3.8, 4) is 0 Å². The van der Waals surface area contributed by atoms with Gasteiger partial charge in [-0.05, 0) is 68.3 Å². The molecule has 180 valence electrons. The fourth-order valence-corrected chi connectivity index (χ4v) is 4.67. The van der Waals surface area contributed by atoms with Crippen molar-refractivity contribution in [3.63, 3.8) is 0 Å². The van der Waals surface area contributed by atoms with E-state index in [9.17, 15) is 14.4 Å². The highest BCUT2D eigenvalue weighted by Gasteiger charge is 2.38. The first-order valence-corrected chi connectivity index (χ1v) is 11.7. The highest BCUT2D eigenvalue weighted by atomic mass is 16.2. The van der Waals surface area contributed by atoms with Crippen LogP contribution in [0.5, 0.6) is 0 Å². The van der Waals surface area contributed by atoms with E-state index < -0.39 is 11.9 Å². The zero-order valence-electron chi connectivity index (χ0n) is 20.1. The molecule has 4 rings (SSSR count). The zero-order valence-corrected chi connectivity index (χ0v) is 20.1. The number of nitrogens with two attached hydrogens (primary N) is 1. The van der Waals surface area contributed by atoms with Gasteiger partial charge in [0.25, 0.3) is 5.91 Å². The minimum atomic E-state index is -0.517. The standard InChI is InChI=1S/C28H30N4O3/c1-18-17-26(32(20(3)33)23-9-5-4-6-10-23)24-11-7-8-12-25(24)31(18)28(35)21-13-15-22(16-14-21)30-19(2)27(29)34/h4-16,18-19,26,30H,17H2,1-3H3,(H2,29,34)/t18-,19?,26+/m0/s1. The van der Waals surface area contributed by atoms with E-state index in [1.807, 2.05) is 71.3 Å². The van der Waals surface area contributed by atoms with E-state index in [0.29, 0.717) is 17.7 Å². The lowest BCUT2D eigenvalue weighted by atomic mass is 9.89. The average molecular weight is 471 g/mol. The summed E-state index contributed by atoms with van der Waals surface area (Å²) in [6.07, 6.45) is 0.604. The molecule has 1 unspecified atom stereocenters. The Kier molecular flexibility index (Phi) is 6.87. The number of amides is 3. The van der Waals surface area contributed by atoms with E-state index in [2.05, 4.69) is 5.32 Å². The summed E-state index contributed by atoms with van der Waals surface area (Å²) in [5, 5.41) is 3.02. The van der Waals surface area contributed by atoms with Crippen molar-refractivity contribution in [1.29, 1.82) is 0 Å². The first-order valence-electron chi connectivity index (χ1n) is 11.7. The number of nitrogens with one attached hydrogen (secondary N) is 1. The molecular formula is C28H30N4O3. The summed E-state index contributed by atoms with van der Waals surface area (Å²) in [5.74, 6) is -0.614. The second-order valence-electron chi connectivity index (χ2n) is 8.90. The lowest BCUT2D eigenvalue weighted by Crippen LogP contribution is -2.47. The second-order valence-corrected chi connectivity index (χ2v) is 8.90. The number of hydrogen-bond donors (Lipinski definition) is 2. The van der Waals surface area contributed by atoms with Gasteiger partial charge in [0.2, 0.25) is 11.8 Å². The fourth-order valence-electron chi connectivity index (χ4n) is 4.67. The van der Waals surface area contributed by atoms with Gasteiger partial charge in [-0.3, -0.25) is 14.4 Å². The third-order valence-corrected chi connectivity index (χ3v) is 6.41. The van der Waals surface area contributed by atoms with Gasteiger partial charge in [-0.2, -0.15) is 0 Å². The molecule has 3 aromatic carbocycles. The average Bonchev–Trinajstić information content (AvgIpc) is 2.84. The number of nitrogens with zero attached hydrogens (tertiary/aromatic N) is 2. The highest BCUT2D eigenvalue weighted by Crippen LogP contribution is 2.42. The molecule has 1 aliphatic heterocycles. The first kappa shape index (κ1) is 24.0. The number of para-hydroxylation sites is 2. The van der Waals surface area contributed by atoms with Crippen molar-refractivity contribution in [2.24, 2.45) is 5.73 Å². The van der Waals surface area contributed by atoms with Gasteiger partial charge in [-0.1, -0.05) is 36.4 Å². The van der Waals surface area contributed by atoms with Crippen LogP contribution < -0.4 is 20.9 Å². The molecule has 35 heavy (non-hydrogen) atoms. The molecule has 3 amide bonds. The third-order valence-electron chi connectivity index (χ3n) is 6.41. The second kappa shape index (κ2) is 10.0. The zero-order chi connectivity index (χ0) is 25.1. The predicted molar refractivity (Wildman–Crippen MR) is 138 cm³/mol. The van der Waals surface area contributed by atoms with E-state index in [1.165, 1.54) is 0 Å². The number of fused-ring (bicyclic) bond motifs is 1. The molecule has 0 aliphatic carbocycles. The monoisotopic (exact) mass is 470 g/mol. The summed E-state index contributed by atoms with van der Waals surface area (Å²) in [4.78, 5) is 41.3. The van der Waals surface area contributed by atoms with E-state index in [-0.39, 0.29) is 23.9 Å². The Hall–Kier alpha value is -4.13. The van der Waals surface area contributed by atoms with Crippen molar-refractivity contribution in [2.75, 3.05) is 15.1 Å². The summed E-state index contributed by atoms with van der Waals surface area (Å²) >= 11 is 0. The summed E-state index contributed by atoms with van der Waals surface area (Å²) in [6, 6.07) is 23.6. The number of carbonyl (C=O) groups excluding carboxylic acids is 3. The van der Waals surface area contributed by atoms with Gasteiger partial charge in [0.1, 0.15) is 6.04 Å². The van der Waals surface area contributed by atoms with E-state index in [0.717, 1.165) is 16.9 Å². The molecule has 3 atom stereocenters. The normalized spacial score (nSPS) is 17.7. The van der Waals surface area contributed by atoms with Crippen LogP contribution in [0.25, 0.3) is 0 Å². The Bertz CT molecular complexity index is 1230. The van der Waals surface area contributed by atoms with Crippen LogP contribution in [0, 0.1) is 0 Å². The summed E-state index contributed by atoms with van der Waals surface area (Å²) in [7, 11) is 0. The largest absolute Gasteiger partial charge is 0.374 e. The van der Waals surface area contributed by atoms with Crippen LogP contribution >= 0.6 is 0 Å². The van der Waals surface area contributed by atoms with Gasteiger partial charge >= 0.3 is 0 Å². The maximum Gasteiger partial charge on any atom is 0.258 e. The smallest absolute Gasteiger partial charge is 0.258 e. The quantitative estimate of drug-likeness (QED) is 0.554. The highest BCUT2D eigenvalue weighted by molar-refractivity contribution is 6.07. The van der Waals surface area contributed by atoms with Crippen molar-refractivity contribution >= 4 is 34.8 Å². The third kappa shape index (κ3) is 4.89. The Labute approximate surface area is 205 Å². The SMILES string of the molecule is CC(=O)N(c1ccccc1)[C@@H]1C[C@H](C)N(C(=O)c2ccc(NC(C)C(N)=O)cc2)c2ccccc21. The molecule has 0 saturated heterocycles. The molecule has 3 N–H and O–H groups in total. The van der Waals surface area contributed by atoms with Crippen LogP contribution in [0.1, 0.15) is 49.2 Å². The van der Waals surface area contributed by atoms with Gasteiger partial charge in [0.15, 0.2) is 0 Å². The summed E-state index contributed by atoms with van der Waals surface area (Å²) < 4.78 is 0. The lowest BCUT2D eigenvalue weighted by Gasteiger charge is -2.43. The minimum Gasteiger partial charge on any atom is -0.374 e. The Morgan fingerprint density at radius 2 is 1.60 bits per heavy atom. The molecule has 0 saturated carbocycles. The van der Waals surface area contributed by atoms with Crippen molar-refractivity contribution in [2.45, 2.75) is 45.3 Å². The molecular weight excluding hydrogens is 440 g/mol. The number of carbonyl (C=O) groups is 3. The van der Waals surface area contributed by atoms with E-state index >= 15 is 0 Å².